The number of nitrogens with one attached hydrogen (secondary N) is 1. The maximum Gasteiger partial charge on any atom is 0.314 e. The van der Waals surface area contributed by atoms with E-state index in [0.717, 1.165) is 19.3 Å². The molecular weight excluding hydrogens is 256 g/mol. The summed E-state index contributed by atoms with van der Waals surface area (Å²) < 4.78 is 0. The normalized spacial score (nSPS) is 10.1. The van der Waals surface area contributed by atoms with E-state index in [0.29, 0.717) is 13.1 Å². The zero-order valence-electron chi connectivity index (χ0n) is 12.1. The molecule has 110 valence electrons. The van der Waals surface area contributed by atoms with Crippen molar-refractivity contribution < 1.29 is 14.7 Å². The number of phenolic OH excluding ortho intramolecular Hbond substituents is 1. The van der Waals surface area contributed by atoms with Gasteiger partial charge in [0.05, 0.1) is 5.69 Å². The second-order valence-electron chi connectivity index (χ2n) is 4.62. The third-order valence-corrected chi connectivity index (χ3v) is 2.91. The first-order valence-electron chi connectivity index (χ1n) is 6.98. The van der Waals surface area contributed by atoms with Crippen LogP contribution in [0.2, 0.25) is 0 Å². The third kappa shape index (κ3) is 4.57. The van der Waals surface area contributed by atoms with E-state index in [-0.39, 0.29) is 11.4 Å². The number of aromatic hydroxyl groups is 1. The lowest BCUT2D eigenvalue weighted by molar-refractivity contribution is -0.143. The molecule has 0 spiro atoms. The standard InChI is InChI=1S/C15H22N2O3/c1-3-5-11-17(10-4-2)15(20)14(19)16-12-8-6-7-9-13(12)18/h6-9,18H,3-5,10-11H2,1-2H3,(H,16,19). The van der Waals surface area contributed by atoms with Crippen molar-refractivity contribution >= 4 is 17.5 Å². The van der Waals surface area contributed by atoms with Crippen molar-refractivity contribution in [3.8, 4) is 5.75 Å². The number of anilines is 1. The van der Waals surface area contributed by atoms with E-state index in [9.17, 15) is 14.7 Å². The van der Waals surface area contributed by atoms with Crippen molar-refractivity contribution in [3.63, 3.8) is 0 Å². The van der Waals surface area contributed by atoms with E-state index in [1.165, 1.54) is 6.07 Å². The quantitative estimate of drug-likeness (QED) is 0.620. The lowest BCUT2D eigenvalue weighted by Crippen LogP contribution is -2.40. The number of unbranched alkanes of at least 4 members (excludes halogenated alkanes) is 1. The highest BCUT2D eigenvalue weighted by Gasteiger charge is 2.21. The van der Waals surface area contributed by atoms with Crippen molar-refractivity contribution in [1.82, 2.24) is 4.90 Å². The monoisotopic (exact) mass is 278 g/mol. The topological polar surface area (TPSA) is 69.6 Å². The predicted octanol–water partition coefficient (Wildman–Crippen LogP) is 2.37. The van der Waals surface area contributed by atoms with E-state index < -0.39 is 11.8 Å². The molecule has 1 aromatic carbocycles. The van der Waals surface area contributed by atoms with Crippen LogP contribution < -0.4 is 5.32 Å². The Bertz CT molecular complexity index is 460. The Labute approximate surface area is 119 Å². The number of benzene rings is 1. The molecule has 1 aromatic rings. The van der Waals surface area contributed by atoms with Gasteiger partial charge in [0.15, 0.2) is 0 Å². The summed E-state index contributed by atoms with van der Waals surface area (Å²) in [5.74, 6) is -1.32. The van der Waals surface area contributed by atoms with Crippen molar-refractivity contribution in [2.45, 2.75) is 33.1 Å². The molecule has 0 aliphatic carbocycles. The molecule has 0 aliphatic heterocycles. The zero-order chi connectivity index (χ0) is 15.0. The smallest absolute Gasteiger partial charge is 0.314 e. The summed E-state index contributed by atoms with van der Waals surface area (Å²) in [4.78, 5) is 25.6. The first-order valence-corrected chi connectivity index (χ1v) is 6.98. The fraction of sp³-hybridized carbons (Fsp3) is 0.467. The number of amides is 2. The molecule has 0 unspecified atom stereocenters. The van der Waals surface area contributed by atoms with Crippen LogP contribution in [0.5, 0.6) is 5.75 Å². The van der Waals surface area contributed by atoms with Crippen LogP contribution in [0.15, 0.2) is 24.3 Å². The van der Waals surface area contributed by atoms with Crippen LogP contribution in [0.1, 0.15) is 33.1 Å². The summed E-state index contributed by atoms with van der Waals surface area (Å²) in [6, 6.07) is 6.34. The Balaban J connectivity index is 2.69. The number of para-hydroxylation sites is 2. The van der Waals surface area contributed by atoms with E-state index in [1.807, 2.05) is 13.8 Å². The Morgan fingerprint density at radius 1 is 1.15 bits per heavy atom. The molecule has 0 radical (unpaired) electrons. The number of nitrogens with zero attached hydrogens (tertiary/aromatic N) is 1. The van der Waals surface area contributed by atoms with Crippen LogP contribution in [0.25, 0.3) is 0 Å². The first kappa shape index (κ1) is 16.0. The Morgan fingerprint density at radius 2 is 1.85 bits per heavy atom. The van der Waals surface area contributed by atoms with Gasteiger partial charge in [0.2, 0.25) is 0 Å². The van der Waals surface area contributed by atoms with Crippen molar-refractivity contribution in [2.24, 2.45) is 0 Å². The molecular formula is C15H22N2O3. The lowest BCUT2D eigenvalue weighted by atomic mass is 10.2. The molecule has 5 nitrogen and oxygen atoms in total. The molecule has 0 saturated carbocycles. The molecule has 0 saturated heterocycles. The van der Waals surface area contributed by atoms with Gasteiger partial charge in [-0.3, -0.25) is 9.59 Å². The molecule has 0 atom stereocenters. The molecule has 0 aliphatic rings. The van der Waals surface area contributed by atoms with Crippen molar-refractivity contribution in [2.75, 3.05) is 18.4 Å². The highest BCUT2D eigenvalue weighted by Crippen LogP contribution is 2.21. The Morgan fingerprint density at radius 3 is 2.45 bits per heavy atom. The summed E-state index contributed by atoms with van der Waals surface area (Å²) in [5, 5.41) is 12.0. The molecule has 0 fully saturated rings. The van der Waals surface area contributed by atoms with Gasteiger partial charge in [0.1, 0.15) is 5.75 Å². The largest absolute Gasteiger partial charge is 0.506 e. The van der Waals surface area contributed by atoms with Gasteiger partial charge in [0.25, 0.3) is 0 Å². The van der Waals surface area contributed by atoms with Gasteiger partial charge in [0, 0.05) is 13.1 Å². The van der Waals surface area contributed by atoms with Crippen LogP contribution in [-0.2, 0) is 9.59 Å². The summed E-state index contributed by atoms with van der Waals surface area (Å²) in [7, 11) is 0. The third-order valence-electron chi connectivity index (χ3n) is 2.91. The van der Waals surface area contributed by atoms with Gasteiger partial charge in [-0.1, -0.05) is 32.4 Å². The summed E-state index contributed by atoms with van der Waals surface area (Å²) in [6.07, 6.45) is 2.64. The van der Waals surface area contributed by atoms with E-state index >= 15 is 0 Å². The second kappa shape index (κ2) is 8.19. The van der Waals surface area contributed by atoms with Gasteiger partial charge in [-0.05, 0) is 25.0 Å². The SMILES string of the molecule is CCCCN(CCC)C(=O)C(=O)Nc1ccccc1O. The van der Waals surface area contributed by atoms with Gasteiger partial charge < -0.3 is 15.3 Å². The fourth-order valence-electron chi connectivity index (χ4n) is 1.83. The minimum absolute atomic E-state index is 0.0516. The second-order valence-corrected chi connectivity index (χ2v) is 4.62. The Hall–Kier alpha value is -2.04. The highest BCUT2D eigenvalue weighted by molar-refractivity contribution is 6.39. The molecule has 0 heterocycles. The van der Waals surface area contributed by atoms with Crippen LogP contribution >= 0.6 is 0 Å². The predicted molar refractivity (Wildman–Crippen MR) is 78.5 cm³/mol. The average Bonchev–Trinajstić information content (AvgIpc) is 2.45. The molecule has 1 rings (SSSR count). The van der Waals surface area contributed by atoms with Crippen molar-refractivity contribution in [3.05, 3.63) is 24.3 Å². The summed E-state index contributed by atoms with van der Waals surface area (Å²) >= 11 is 0. The molecule has 0 aromatic heterocycles. The Kier molecular flexibility index (Phi) is 6.56. The summed E-state index contributed by atoms with van der Waals surface area (Å²) in [6.45, 7) is 5.15. The fourth-order valence-corrected chi connectivity index (χ4v) is 1.83. The number of phenols is 1. The number of rotatable bonds is 6. The van der Waals surface area contributed by atoms with E-state index in [1.54, 1.807) is 23.1 Å². The van der Waals surface area contributed by atoms with Crippen LogP contribution in [0.3, 0.4) is 0 Å². The van der Waals surface area contributed by atoms with Gasteiger partial charge in [-0.2, -0.15) is 0 Å². The van der Waals surface area contributed by atoms with Crippen molar-refractivity contribution in [1.29, 1.82) is 0 Å². The minimum Gasteiger partial charge on any atom is -0.506 e. The van der Waals surface area contributed by atoms with Gasteiger partial charge in [-0.25, -0.2) is 0 Å². The van der Waals surface area contributed by atoms with Crippen LogP contribution in [0.4, 0.5) is 5.69 Å². The molecule has 20 heavy (non-hydrogen) atoms. The number of hydrogen-bond acceptors (Lipinski definition) is 3. The summed E-state index contributed by atoms with van der Waals surface area (Å²) in [5.41, 5.74) is 0.248. The maximum atomic E-state index is 12.1. The minimum atomic E-state index is -0.712. The number of carbonyl (C=O) groups excluding carboxylic acids is 2. The molecule has 0 bridgehead atoms. The molecule has 2 amide bonds. The number of hydrogen-bond donors (Lipinski definition) is 2. The molecule has 2 N–H and O–H groups in total. The van der Waals surface area contributed by atoms with E-state index in [2.05, 4.69) is 5.32 Å². The zero-order valence-corrected chi connectivity index (χ0v) is 12.1. The maximum absolute atomic E-state index is 12.1. The van der Waals surface area contributed by atoms with E-state index in [4.69, 9.17) is 0 Å². The van der Waals surface area contributed by atoms with Gasteiger partial charge >= 0.3 is 11.8 Å². The van der Waals surface area contributed by atoms with Gasteiger partial charge in [-0.15, -0.1) is 0 Å². The van der Waals surface area contributed by atoms with Crippen LogP contribution in [-0.4, -0.2) is 34.9 Å². The molecule has 5 heteroatoms. The van der Waals surface area contributed by atoms with Crippen LogP contribution in [0, 0.1) is 0 Å². The average molecular weight is 278 g/mol. The lowest BCUT2D eigenvalue weighted by Gasteiger charge is -2.21. The first-order chi connectivity index (χ1) is 9.60. The number of carbonyl (C=O) groups is 2. The highest BCUT2D eigenvalue weighted by atomic mass is 16.3.